The Kier molecular flexibility index (Phi) is 4.41. The third kappa shape index (κ3) is 2.85. The van der Waals surface area contributed by atoms with E-state index < -0.39 is 0 Å². The van der Waals surface area contributed by atoms with Crippen LogP contribution >= 0.6 is 0 Å². The summed E-state index contributed by atoms with van der Waals surface area (Å²) in [6.45, 7) is 0.800. The summed E-state index contributed by atoms with van der Waals surface area (Å²) in [7, 11) is 0. The molecule has 88 valence electrons. The molecular formula is C15H23N. The van der Waals surface area contributed by atoms with E-state index in [1.807, 2.05) is 0 Å². The molecule has 0 radical (unpaired) electrons. The Labute approximate surface area is 99.0 Å². The van der Waals surface area contributed by atoms with Crippen LogP contribution in [0.25, 0.3) is 0 Å². The zero-order valence-corrected chi connectivity index (χ0v) is 10.1. The first-order valence-corrected chi connectivity index (χ1v) is 6.67. The summed E-state index contributed by atoms with van der Waals surface area (Å²) in [5.74, 6) is 1.40. The summed E-state index contributed by atoms with van der Waals surface area (Å²) in [4.78, 5) is 0. The number of nitrogens with two attached hydrogens (primary N) is 1. The van der Waals surface area contributed by atoms with Crippen LogP contribution in [0.3, 0.4) is 0 Å². The minimum absolute atomic E-state index is 0.583. The molecule has 2 N–H and O–H groups in total. The van der Waals surface area contributed by atoms with Gasteiger partial charge in [-0.05, 0) is 36.8 Å². The first-order valence-electron chi connectivity index (χ1n) is 6.67. The summed E-state index contributed by atoms with van der Waals surface area (Å²) >= 11 is 0. The van der Waals surface area contributed by atoms with Gasteiger partial charge in [0, 0.05) is 0 Å². The van der Waals surface area contributed by atoms with Crippen molar-refractivity contribution in [1.29, 1.82) is 0 Å². The van der Waals surface area contributed by atoms with Gasteiger partial charge < -0.3 is 5.73 Å². The van der Waals surface area contributed by atoms with Crippen molar-refractivity contribution in [2.75, 3.05) is 6.54 Å². The van der Waals surface area contributed by atoms with Crippen LogP contribution in [0.5, 0.6) is 0 Å². The first-order chi connectivity index (χ1) is 7.92. The first kappa shape index (κ1) is 11.7. The highest BCUT2D eigenvalue weighted by atomic mass is 14.6. The molecule has 1 fully saturated rings. The molecule has 0 heterocycles. The van der Waals surface area contributed by atoms with Gasteiger partial charge in [0.2, 0.25) is 0 Å². The highest BCUT2D eigenvalue weighted by Crippen LogP contribution is 2.34. The molecule has 2 rings (SSSR count). The average Bonchev–Trinajstić information content (AvgIpc) is 2.61. The second kappa shape index (κ2) is 6.05. The van der Waals surface area contributed by atoms with E-state index in [1.54, 1.807) is 0 Å². The molecule has 1 aromatic carbocycles. The molecule has 16 heavy (non-hydrogen) atoms. The van der Waals surface area contributed by atoms with Gasteiger partial charge in [-0.15, -0.1) is 0 Å². The third-order valence-electron chi connectivity index (χ3n) is 3.95. The smallest absolute Gasteiger partial charge is 0.000556 e. The molecule has 0 amide bonds. The normalized spacial score (nSPS) is 20.3. The summed E-state index contributed by atoms with van der Waals surface area (Å²) in [6.07, 6.45) is 8.38. The number of benzene rings is 1. The van der Waals surface area contributed by atoms with Gasteiger partial charge in [0.05, 0.1) is 0 Å². The molecule has 1 aliphatic carbocycles. The topological polar surface area (TPSA) is 26.0 Å². The van der Waals surface area contributed by atoms with Gasteiger partial charge in [0.1, 0.15) is 0 Å². The van der Waals surface area contributed by atoms with E-state index in [0.29, 0.717) is 5.92 Å². The molecule has 0 aromatic heterocycles. The highest BCUT2D eigenvalue weighted by Gasteiger charge is 2.22. The zero-order chi connectivity index (χ0) is 11.2. The molecule has 1 unspecified atom stereocenters. The fourth-order valence-electron chi connectivity index (χ4n) is 3.01. The zero-order valence-electron chi connectivity index (χ0n) is 10.1. The van der Waals surface area contributed by atoms with E-state index in [4.69, 9.17) is 5.73 Å². The second-order valence-electron chi connectivity index (χ2n) is 5.00. The SMILES string of the molecule is NCC(c1ccccc1)C1CCCCCC1. The van der Waals surface area contributed by atoms with Crippen LogP contribution in [0, 0.1) is 5.92 Å². The number of hydrogen-bond acceptors (Lipinski definition) is 1. The molecule has 1 aromatic rings. The van der Waals surface area contributed by atoms with Crippen LogP contribution in [0.15, 0.2) is 30.3 Å². The van der Waals surface area contributed by atoms with Gasteiger partial charge in [-0.25, -0.2) is 0 Å². The maximum absolute atomic E-state index is 5.99. The number of rotatable bonds is 3. The average molecular weight is 217 g/mol. The van der Waals surface area contributed by atoms with Crippen LogP contribution in [0.2, 0.25) is 0 Å². The second-order valence-corrected chi connectivity index (χ2v) is 5.00. The van der Waals surface area contributed by atoms with Gasteiger partial charge in [-0.1, -0.05) is 56.0 Å². The Morgan fingerprint density at radius 3 is 2.19 bits per heavy atom. The summed E-state index contributed by atoms with van der Waals surface area (Å²) in [5.41, 5.74) is 7.43. The predicted molar refractivity (Wildman–Crippen MR) is 69.4 cm³/mol. The molecule has 1 nitrogen and oxygen atoms in total. The molecule has 1 atom stereocenters. The standard InChI is InChI=1S/C15H23N/c16-12-15(14-10-6-3-7-11-14)13-8-4-1-2-5-9-13/h3,6-7,10-11,13,15H,1-2,4-5,8-9,12,16H2. The monoisotopic (exact) mass is 217 g/mol. The summed E-state index contributed by atoms with van der Waals surface area (Å²) in [6, 6.07) is 10.8. The van der Waals surface area contributed by atoms with Crippen LogP contribution < -0.4 is 5.73 Å². The van der Waals surface area contributed by atoms with Crippen molar-refractivity contribution in [3.8, 4) is 0 Å². The highest BCUT2D eigenvalue weighted by molar-refractivity contribution is 5.20. The lowest BCUT2D eigenvalue weighted by Crippen LogP contribution is -2.21. The lowest BCUT2D eigenvalue weighted by Gasteiger charge is -2.25. The Morgan fingerprint density at radius 1 is 1.00 bits per heavy atom. The number of hydrogen-bond donors (Lipinski definition) is 1. The van der Waals surface area contributed by atoms with Crippen LogP contribution in [-0.2, 0) is 0 Å². The van der Waals surface area contributed by atoms with Crippen LogP contribution in [0.1, 0.15) is 50.0 Å². The Balaban J connectivity index is 2.09. The van der Waals surface area contributed by atoms with Gasteiger partial charge >= 0.3 is 0 Å². The van der Waals surface area contributed by atoms with E-state index in [0.717, 1.165) is 12.5 Å². The van der Waals surface area contributed by atoms with E-state index in [9.17, 15) is 0 Å². The Bertz CT molecular complexity index is 286. The van der Waals surface area contributed by atoms with Gasteiger partial charge in [0.15, 0.2) is 0 Å². The van der Waals surface area contributed by atoms with E-state index in [2.05, 4.69) is 30.3 Å². The molecule has 1 saturated carbocycles. The van der Waals surface area contributed by atoms with Crippen molar-refractivity contribution in [3.63, 3.8) is 0 Å². The summed E-state index contributed by atoms with van der Waals surface area (Å²) in [5, 5.41) is 0. The maximum atomic E-state index is 5.99. The Morgan fingerprint density at radius 2 is 1.62 bits per heavy atom. The van der Waals surface area contributed by atoms with Crippen molar-refractivity contribution >= 4 is 0 Å². The van der Waals surface area contributed by atoms with Crippen LogP contribution in [0.4, 0.5) is 0 Å². The molecule has 0 spiro atoms. The Hall–Kier alpha value is -0.820. The lowest BCUT2D eigenvalue weighted by molar-refractivity contribution is 0.380. The van der Waals surface area contributed by atoms with Crippen LogP contribution in [-0.4, -0.2) is 6.54 Å². The van der Waals surface area contributed by atoms with E-state index in [1.165, 1.54) is 44.1 Å². The van der Waals surface area contributed by atoms with Crippen molar-refractivity contribution in [3.05, 3.63) is 35.9 Å². The molecule has 1 aliphatic rings. The minimum atomic E-state index is 0.583. The van der Waals surface area contributed by atoms with E-state index >= 15 is 0 Å². The third-order valence-corrected chi connectivity index (χ3v) is 3.95. The van der Waals surface area contributed by atoms with E-state index in [-0.39, 0.29) is 0 Å². The molecule has 0 bridgehead atoms. The van der Waals surface area contributed by atoms with Gasteiger partial charge in [-0.2, -0.15) is 0 Å². The van der Waals surface area contributed by atoms with Crippen molar-refractivity contribution in [2.24, 2.45) is 11.7 Å². The van der Waals surface area contributed by atoms with Crippen molar-refractivity contribution in [2.45, 2.75) is 44.4 Å². The molecular weight excluding hydrogens is 194 g/mol. The quantitative estimate of drug-likeness (QED) is 0.768. The fourth-order valence-corrected chi connectivity index (χ4v) is 3.01. The largest absolute Gasteiger partial charge is 0.330 e. The van der Waals surface area contributed by atoms with Crippen molar-refractivity contribution in [1.82, 2.24) is 0 Å². The molecule has 1 heteroatoms. The summed E-state index contributed by atoms with van der Waals surface area (Å²) < 4.78 is 0. The lowest BCUT2D eigenvalue weighted by atomic mass is 9.81. The minimum Gasteiger partial charge on any atom is -0.330 e. The van der Waals surface area contributed by atoms with Gasteiger partial charge in [0.25, 0.3) is 0 Å². The van der Waals surface area contributed by atoms with Gasteiger partial charge in [-0.3, -0.25) is 0 Å². The van der Waals surface area contributed by atoms with Crippen molar-refractivity contribution < 1.29 is 0 Å². The predicted octanol–water partition coefficient (Wildman–Crippen LogP) is 3.70. The molecule has 0 aliphatic heterocycles. The maximum Gasteiger partial charge on any atom is -0.000556 e. The fraction of sp³-hybridized carbons (Fsp3) is 0.600. The molecule has 0 saturated heterocycles.